The zero-order valence-corrected chi connectivity index (χ0v) is 10.7. The summed E-state index contributed by atoms with van der Waals surface area (Å²) in [5.74, 6) is 0. The molecule has 16 heavy (non-hydrogen) atoms. The van der Waals surface area contributed by atoms with Crippen LogP contribution in [-0.4, -0.2) is 13.1 Å². The maximum absolute atomic E-state index is 12.6. The molecule has 0 atom stereocenters. The summed E-state index contributed by atoms with van der Waals surface area (Å²) >= 11 is 3.11. The minimum Gasteiger partial charge on any atom is -0.372 e. The van der Waals surface area contributed by atoms with Gasteiger partial charge in [-0.1, -0.05) is 15.9 Å². The summed E-state index contributed by atoms with van der Waals surface area (Å²) in [6, 6.07) is 3.97. The van der Waals surface area contributed by atoms with E-state index in [9.17, 15) is 13.2 Å². The number of alkyl halides is 3. The number of hydrogen-bond acceptors (Lipinski definition) is 1. The van der Waals surface area contributed by atoms with Gasteiger partial charge < -0.3 is 4.90 Å². The van der Waals surface area contributed by atoms with E-state index in [0.717, 1.165) is 6.07 Å². The molecule has 0 aromatic heterocycles. The number of benzene rings is 1. The van der Waals surface area contributed by atoms with E-state index >= 15 is 0 Å². The molecule has 0 N–H and O–H groups in total. The van der Waals surface area contributed by atoms with E-state index in [2.05, 4.69) is 15.9 Å². The average Bonchev–Trinajstić information content (AvgIpc) is 2.17. The molecular formula is C11H13BrF3N. The van der Waals surface area contributed by atoms with Crippen LogP contribution >= 0.6 is 15.9 Å². The van der Waals surface area contributed by atoms with Crippen LogP contribution in [-0.2, 0) is 6.18 Å². The van der Waals surface area contributed by atoms with Crippen LogP contribution in [0.2, 0.25) is 0 Å². The summed E-state index contributed by atoms with van der Waals surface area (Å²) in [6.07, 6.45) is -4.30. The predicted octanol–water partition coefficient (Wildman–Crippen LogP) is 4.31. The van der Waals surface area contributed by atoms with Gasteiger partial charge in [0.05, 0.1) is 5.56 Å². The van der Waals surface area contributed by atoms with Crippen LogP contribution in [0.3, 0.4) is 0 Å². The van der Waals surface area contributed by atoms with Crippen molar-refractivity contribution in [3.63, 3.8) is 0 Å². The Morgan fingerprint density at radius 1 is 1.12 bits per heavy atom. The Balaban J connectivity index is 3.17. The van der Waals surface area contributed by atoms with Crippen LogP contribution in [0.15, 0.2) is 22.7 Å². The van der Waals surface area contributed by atoms with Crippen molar-refractivity contribution in [2.45, 2.75) is 20.0 Å². The summed E-state index contributed by atoms with van der Waals surface area (Å²) in [5.41, 5.74) is -0.0320. The standard InChI is InChI=1S/C11H13BrF3N/c1-3-16(4-2)10-6-8(11(13,14)15)5-9(12)7-10/h5-7H,3-4H2,1-2H3. The van der Waals surface area contributed by atoms with Gasteiger partial charge >= 0.3 is 6.18 Å². The van der Waals surface area contributed by atoms with E-state index < -0.39 is 11.7 Å². The molecule has 0 heterocycles. The van der Waals surface area contributed by atoms with E-state index in [4.69, 9.17) is 0 Å². The van der Waals surface area contributed by atoms with E-state index in [1.54, 1.807) is 6.07 Å². The molecule has 0 aliphatic rings. The highest BCUT2D eigenvalue weighted by molar-refractivity contribution is 9.10. The first-order valence-electron chi connectivity index (χ1n) is 5.01. The van der Waals surface area contributed by atoms with Gasteiger partial charge in [-0.25, -0.2) is 0 Å². The van der Waals surface area contributed by atoms with Gasteiger partial charge in [-0.05, 0) is 32.0 Å². The van der Waals surface area contributed by atoms with Crippen molar-refractivity contribution in [2.24, 2.45) is 0 Å². The highest BCUT2D eigenvalue weighted by Crippen LogP contribution is 2.34. The minimum atomic E-state index is -4.30. The maximum atomic E-state index is 12.6. The fraction of sp³-hybridized carbons (Fsp3) is 0.455. The second-order valence-electron chi connectivity index (χ2n) is 3.37. The Morgan fingerprint density at radius 3 is 2.12 bits per heavy atom. The Kier molecular flexibility index (Phi) is 4.24. The van der Waals surface area contributed by atoms with Gasteiger partial charge in [-0.2, -0.15) is 13.2 Å². The quantitative estimate of drug-likeness (QED) is 0.803. The number of halogens is 4. The second-order valence-corrected chi connectivity index (χ2v) is 4.28. The van der Waals surface area contributed by atoms with E-state index in [1.807, 2.05) is 18.7 Å². The molecule has 0 radical (unpaired) electrons. The van der Waals surface area contributed by atoms with Crippen LogP contribution in [0.4, 0.5) is 18.9 Å². The van der Waals surface area contributed by atoms with Crippen molar-refractivity contribution < 1.29 is 13.2 Å². The molecule has 90 valence electrons. The molecule has 1 rings (SSSR count). The van der Waals surface area contributed by atoms with Gasteiger partial charge in [0.1, 0.15) is 0 Å². The van der Waals surface area contributed by atoms with Crippen molar-refractivity contribution in [3.05, 3.63) is 28.2 Å². The molecule has 0 unspecified atom stereocenters. The summed E-state index contributed by atoms with van der Waals surface area (Å²) in [7, 11) is 0. The molecule has 1 nitrogen and oxygen atoms in total. The van der Waals surface area contributed by atoms with Gasteiger partial charge in [0, 0.05) is 23.2 Å². The fourth-order valence-electron chi connectivity index (χ4n) is 1.51. The molecule has 0 saturated heterocycles. The van der Waals surface area contributed by atoms with Gasteiger partial charge in [0.2, 0.25) is 0 Å². The SMILES string of the molecule is CCN(CC)c1cc(Br)cc(C(F)(F)F)c1. The van der Waals surface area contributed by atoms with Crippen LogP contribution in [0.25, 0.3) is 0 Å². The lowest BCUT2D eigenvalue weighted by Crippen LogP contribution is -2.22. The molecular weight excluding hydrogens is 283 g/mol. The smallest absolute Gasteiger partial charge is 0.372 e. The van der Waals surface area contributed by atoms with Crippen molar-refractivity contribution in [1.29, 1.82) is 0 Å². The third-order valence-electron chi connectivity index (χ3n) is 2.34. The van der Waals surface area contributed by atoms with Crippen LogP contribution < -0.4 is 4.90 Å². The van der Waals surface area contributed by atoms with Crippen LogP contribution in [0, 0.1) is 0 Å². The first kappa shape index (κ1) is 13.4. The number of nitrogens with zero attached hydrogens (tertiary/aromatic N) is 1. The first-order chi connectivity index (χ1) is 7.38. The predicted molar refractivity (Wildman–Crippen MR) is 62.7 cm³/mol. The first-order valence-corrected chi connectivity index (χ1v) is 5.80. The lowest BCUT2D eigenvalue weighted by atomic mass is 10.2. The largest absolute Gasteiger partial charge is 0.416 e. The third kappa shape index (κ3) is 3.14. The fourth-order valence-corrected chi connectivity index (χ4v) is 1.99. The van der Waals surface area contributed by atoms with Crippen molar-refractivity contribution in [2.75, 3.05) is 18.0 Å². The topological polar surface area (TPSA) is 3.24 Å². The molecule has 0 saturated carbocycles. The van der Waals surface area contributed by atoms with Gasteiger partial charge in [-0.15, -0.1) is 0 Å². The Labute approximate surface area is 101 Å². The lowest BCUT2D eigenvalue weighted by Gasteiger charge is -2.22. The lowest BCUT2D eigenvalue weighted by molar-refractivity contribution is -0.137. The zero-order valence-electron chi connectivity index (χ0n) is 9.11. The third-order valence-corrected chi connectivity index (χ3v) is 2.80. The molecule has 0 spiro atoms. The zero-order chi connectivity index (χ0) is 12.3. The monoisotopic (exact) mass is 295 g/mol. The Morgan fingerprint density at radius 2 is 1.69 bits per heavy atom. The number of rotatable bonds is 3. The molecule has 0 aliphatic heterocycles. The Hall–Kier alpha value is -0.710. The highest BCUT2D eigenvalue weighted by atomic mass is 79.9. The normalized spacial score (nSPS) is 11.6. The van der Waals surface area contributed by atoms with Gasteiger partial charge in [0.25, 0.3) is 0 Å². The Bertz CT molecular complexity index is 359. The summed E-state index contributed by atoms with van der Waals surface area (Å²) < 4.78 is 38.2. The average molecular weight is 296 g/mol. The van der Waals surface area contributed by atoms with Crippen molar-refractivity contribution >= 4 is 21.6 Å². The van der Waals surface area contributed by atoms with Crippen molar-refractivity contribution in [1.82, 2.24) is 0 Å². The van der Waals surface area contributed by atoms with Crippen molar-refractivity contribution in [3.8, 4) is 0 Å². The molecule has 0 aliphatic carbocycles. The van der Waals surface area contributed by atoms with Crippen LogP contribution in [0.1, 0.15) is 19.4 Å². The summed E-state index contributed by atoms with van der Waals surface area (Å²) in [4.78, 5) is 1.88. The number of hydrogen-bond donors (Lipinski definition) is 0. The molecule has 0 bridgehead atoms. The molecule has 0 fully saturated rings. The molecule has 1 aromatic rings. The highest BCUT2D eigenvalue weighted by Gasteiger charge is 2.31. The maximum Gasteiger partial charge on any atom is 0.416 e. The van der Waals surface area contributed by atoms with E-state index in [1.165, 1.54) is 6.07 Å². The summed E-state index contributed by atoms with van der Waals surface area (Å²) in [6.45, 7) is 5.20. The minimum absolute atomic E-state index is 0.448. The molecule has 5 heteroatoms. The molecule has 0 amide bonds. The van der Waals surface area contributed by atoms with Gasteiger partial charge in [-0.3, -0.25) is 0 Å². The van der Waals surface area contributed by atoms with E-state index in [0.29, 0.717) is 23.2 Å². The summed E-state index contributed by atoms with van der Waals surface area (Å²) in [5, 5.41) is 0. The second kappa shape index (κ2) is 5.08. The van der Waals surface area contributed by atoms with E-state index in [-0.39, 0.29) is 0 Å². The molecule has 1 aromatic carbocycles. The van der Waals surface area contributed by atoms with Crippen LogP contribution in [0.5, 0.6) is 0 Å². The van der Waals surface area contributed by atoms with Gasteiger partial charge in [0.15, 0.2) is 0 Å². The number of anilines is 1.